The van der Waals surface area contributed by atoms with E-state index in [9.17, 15) is 19.5 Å². The molecular weight excluding hydrogens is 442 g/mol. The summed E-state index contributed by atoms with van der Waals surface area (Å²) in [6.45, 7) is 6.35. The van der Waals surface area contributed by atoms with Crippen LogP contribution in [0.3, 0.4) is 0 Å². The Hall–Kier alpha value is -2.27. The molecule has 186 valence electrons. The van der Waals surface area contributed by atoms with Gasteiger partial charge in [-0.25, -0.2) is 0 Å². The molecule has 5 aliphatic rings. The Morgan fingerprint density at radius 1 is 1.03 bits per heavy atom. The van der Waals surface area contributed by atoms with E-state index in [1.54, 1.807) is 11.0 Å². The van der Waals surface area contributed by atoms with E-state index < -0.39 is 35.0 Å². The fraction of sp³-hybridized carbons (Fsp3) is 0.708. The van der Waals surface area contributed by atoms with Gasteiger partial charge in [0.25, 0.3) is 0 Å². The molecule has 0 saturated carbocycles. The number of carbonyl (C=O) groups is 3. The summed E-state index contributed by atoms with van der Waals surface area (Å²) in [4.78, 5) is 46.2. The number of morpholine rings is 1. The lowest BCUT2D eigenvalue weighted by molar-refractivity contribution is -0.159. The molecule has 1 spiro atoms. The van der Waals surface area contributed by atoms with Crippen LogP contribution in [0.15, 0.2) is 24.3 Å². The first-order valence-corrected chi connectivity index (χ1v) is 12.2. The zero-order chi connectivity index (χ0) is 23.9. The highest BCUT2D eigenvalue weighted by molar-refractivity contribution is 5.99. The molecule has 0 bridgehead atoms. The molecule has 0 radical (unpaired) electrons. The van der Waals surface area contributed by atoms with Gasteiger partial charge in [-0.3, -0.25) is 19.3 Å². The van der Waals surface area contributed by atoms with Gasteiger partial charge in [0.1, 0.15) is 29.8 Å². The van der Waals surface area contributed by atoms with E-state index in [0.29, 0.717) is 39.3 Å². The van der Waals surface area contributed by atoms with Crippen LogP contribution in [0.4, 0.5) is 0 Å². The second-order valence-corrected chi connectivity index (χ2v) is 9.55. The molecular formula is C24H33N3O7. The normalized spacial score (nSPS) is 37.8. The molecule has 5 rings (SSSR count). The monoisotopic (exact) mass is 475 g/mol. The average molecular weight is 476 g/mol. The van der Waals surface area contributed by atoms with E-state index in [1.165, 1.54) is 4.90 Å². The predicted octanol–water partition coefficient (Wildman–Crippen LogP) is -0.817. The summed E-state index contributed by atoms with van der Waals surface area (Å²) in [7, 11) is 0. The molecule has 1 N–H and O–H groups in total. The first kappa shape index (κ1) is 23.5. The minimum atomic E-state index is -1.29. The maximum atomic E-state index is 14.0. The van der Waals surface area contributed by atoms with Crippen LogP contribution in [0, 0.1) is 11.8 Å². The summed E-state index contributed by atoms with van der Waals surface area (Å²) in [5, 5.41) is 9.72. The van der Waals surface area contributed by atoms with Crippen molar-refractivity contribution < 1.29 is 33.7 Å². The number of aliphatic hydroxyl groups is 1. The highest BCUT2D eigenvalue weighted by Crippen LogP contribution is 2.58. The van der Waals surface area contributed by atoms with Gasteiger partial charge in [-0.05, 0) is 12.5 Å². The summed E-state index contributed by atoms with van der Waals surface area (Å²) < 4.78 is 17.5. The van der Waals surface area contributed by atoms with Gasteiger partial charge >= 0.3 is 5.97 Å². The number of nitrogens with zero attached hydrogens (tertiary/aromatic N) is 3. The second-order valence-electron chi connectivity index (χ2n) is 9.55. The number of ether oxygens (including phenoxy) is 3. The third-order valence-corrected chi connectivity index (χ3v) is 7.91. The van der Waals surface area contributed by atoms with Crippen LogP contribution >= 0.6 is 0 Å². The van der Waals surface area contributed by atoms with E-state index >= 15 is 0 Å². The lowest BCUT2D eigenvalue weighted by Gasteiger charge is -2.38. The van der Waals surface area contributed by atoms with Crippen molar-refractivity contribution in [2.45, 2.75) is 30.6 Å². The Morgan fingerprint density at radius 3 is 2.56 bits per heavy atom. The maximum Gasteiger partial charge on any atom is 0.313 e. The smallest absolute Gasteiger partial charge is 0.313 e. The molecule has 3 fully saturated rings. The number of aliphatic hydroxyl groups excluding tert-OH is 1. The standard InChI is InChI=1S/C24H33N3O7/c1-2-23-5-4-14-33-22(31)18(23)17-20(29)27(10-13-28)19-21(30)26(7-3-6-24(17,19)34-23)9-8-25-11-15-32-16-12-25/h3-6,17-19,28H,2,7-16H2,1H3/t17-,18+,19?,23-,24-/m0/s1. The number of carbonyl (C=O) groups excluding carboxylic acids is 3. The quantitative estimate of drug-likeness (QED) is 0.392. The molecule has 5 atom stereocenters. The Kier molecular flexibility index (Phi) is 6.26. The predicted molar refractivity (Wildman–Crippen MR) is 119 cm³/mol. The minimum Gasteiger partial charge on any atom is -0.461 e. The summed E-state index contributed by atoms with van der Waals surface area (Å²) in [5.41, 5.74) is -2.32. The van der Waals surface area contributed by atoms with Crippen LogP contribution in [0.1, 0.15) is 13.3 Å². The lowest BCUT2D eigenvalue weighted by atomic mass is 9.73. The van der Waals surface area contributed by atoms with Crippen LogP contribution in [0.5, 0.6) is 0 Å². The van der Waals surface area contributed by atoms with Crippen LogP contribution < -0.4 is 0 Å². The molecule has 10 heteroatoms. The topological polar surface area (TPSA) is 109 Å². The number of fused-ring (bicyclic) bond motifs is 2. The third kappa shape index (κ3) is 3.50. The number of hydrogen-bond donors (Lipinski definition) is 1. The number of esters is 1. The van der Waals surface area contributed by atoms with Gasteiger partial charge in [-0.1, -0.05) is 25.2 Å². The summed E-state index contributed by atoms with van der Waals surface area (Å²) in [6.07, 6.45) is 7.74. The number of rotatable bonds is 6. The Bertz CT molecular complexity index is 901. The van der Waals surface area contributed by atoms with E-state index in [-0.39, 0.29) is 31.6 Å². The van der Waals surface area contributed by atoms with Crippen LogP contribution in [0.2, 0.25) is 0 Å². The molecule has 0 aromatic carbocycles. The van der Waals surface area contributed by atoms with Crippen molar-refractivity contribution in [2.24, 2.45) is 11.8 Å². The second kappa shape index (κ2) is 9.07. The average Bonchev–Trinajstić information content (AvgIpc) is 3.11. The zero-order valence-corrected chi connectivity index (χ0v) is 19.6. The lowest BCUT2D eigenvalue weighted by Crippen LogP contribution is -2.57. The van der Waals surface area contributed by atoms with Crippen molar-refractivity contribution in [3.8, 4) is 0 Å². The number of amides is 2. The van der Waals surface area contributed by atoms with Crippen LogP contribution in [-0.4, -0.2) is 121 Å². The van der Waals surface area contributed by atoms with Crippen LogP contribution in [0.25, 0.3) is 0 Å². The van der Waals surface area contributed by atoms with Crippen molar-refractivity contribution in [2.75, 3.05) is 65.7 Å². The number of hydrogen-bond acceptors (Lipinski definition) is 8. The van der Waals surface area contributed by atoms with Gasteiger partial charge in [0.15, 0.2) is 0 Å². The molecule has 0 aromatic heterocycles. The Balaban J connectivity index is 1.50. The Labute approximate surface area is 199 Å². The van der Waals surface area contributed by atoms with Crippen molar-refractivity contribution in [3.63, 3.8) is 0 Å². The molecule has 10 nitrogen and oxygen atoms in total. The summed E-state index contributed by atoms with van der Waals surface area (Å²) in [5.74, 6) is -2.80. The first-order chi connectivity index (χ1) is 16.5. The van der Waals surface area contributed by atoms with Crippen molar-refractivity contribution >= 4 is 17.8 Å². The van der Waals surface area contributed by atoms with Crippen molar-refractivity contribution in [3.05, 3.63) is 24.3 Å². The largest absolute Gasteiger partial charge is 0.461 e. The molecule has 2 amide bonds. The van der Waals surface area contributed by atoms with Gasteiger partial charge in [0, 0.05) is 39.3 Å². The SMILES string of the molecule is CC[C@]12C=CCOC(=O)[C@H]1[C@H]1C(=O)N(CCO)C3C(=O)N(CCN4CCOCC4)CC=C[C@@]31O2. The summed E-state index contributed by atoms with van der Waals surface area (Å²) in [6, 6.07) is -0.947. The number of β-amino-alcohol motifs (C(OH)–C–C–N with tert-alkyl or cyclic N) is 1. The minimum absolute atomic E-state index is 0.00126. The van der Waals surface area contributed by atoms with E-state index in [4.69, 9.17) is 14.2 Å². The molecule has 34 heavy (non-hydrogen) atoms. The fourth-order valence-corrected chi connectivity index (χ4v) is 6.28. The fourth-order valence-electron chi connectivity index (χ4n) is 6.28. The van der Waals surface area contributed by atoms with Gasteiger partial charge < -0.3 is 29.1 Å². The zero-order valence-electron chi connectivity index (χ0n) is 19.6. The maximum absolute atomic E-state index is 14.0. The van der Waals surface area contributed by atoms with E-state index in [0.717, 1.165) is 13.1 Å². The first-order valence-electron chi connectivity index (χ1n) is 12.2. The molecule has 5 heterocycles. The highest BCUT2D eigenvalue weighted by atomic mass is 16.6. The third-order valence-electron chi connectivity index (χ3n) is 7.91. The highest BCUT2D eigenvalue weighted by Gasteiger charge is 2.75. The Morgan fingerprint density at radius 2 is 1.82 bits per heavy atom. The van der Waals surface area contributed by atoms with Gasteiger partial charge in [-0.15, -0.1) is 0 Å². The molecule has 5 aliphatic heterocycles. The van der Waals surface area contributed by atoms with E-state index in [1.807, 2.05) is 25.2 Å². The molecule has 3 saturated heterocycles. The van der Waals surface area contributed by atoms with Crippen molar-refractivity contribution in [1.82, 2.24) is 14.7 Å². The molecule has 1 unspecified atom stereocenters. The number of likely N-dealkylation sites (tertiary alicyclic amines) is 1. The van der Waals surface area contributed by atoms with Gasteiger partial charge in [0.2, 0.25) is 11.8 Å². The molecule has 0 aliphatic carbocycles. The molecule has 0 aromatic rings. The van der Waals surface area contributed by atoms with Gasteiger partial charge in [0.05, 0.1) is 25.7 Å². The van der Waals surface area contributed by atoms with Crippen LogP contribution in [-0.2, 0) is 28.6 Å². The summed E-state index contributed by atoms with van der Waals surface area (Å²) >= 11 is 0. The van der Waals surface area contributed by atoms with Gasteiger partial charge in [-0.2, -0.15) is 0 Å². The van der Waals surface area contributed by atoms with E-state index in [2.05, 4.69) is 4.90 Å². The number of cyclic esters (lactones) is 1. The van der Waals surface area contributed by atoms with Crippen molar-refractivity contribution in [1.29, 1.82) is 0 Å².